The lowest BCUT2D eigenvalue weighted by atomic mass is 9.83. The molecule has 0 aromatic carbocycles. The molecule has 2 nitrogen and oxygen atoms in total. The third-order valence-electron chi connectivity index (χ3n) is 6.16. The summed E-state index contributed by atoms with van der Waals surface area (Å²) in [5, 5.41) is 7.56. The molecule has 0 amide bonds. The Balaban J connectivity index is 1.44. The Labute approximate surface area is 112 Å². The van der Waals surface area contributed by atoms with E-state index in [9.17, 15) is 0 Å². The quantitative estimate of drug-likeness (QED) is 0.784. The summed E-state index contributed by atoms with van der Waals surface area (Å²) < 4.78 is 0. The molecule has 2 heteroatoms. The Kier molecular flexibility index (Phi) is 3.95. The van der Waals surface area contributed by atoms with Gasteiger partial charge in [-0.2, -0.15) is 0 Å². The molecule has 1 aliphatic heterocycles. The van der Waals surface area contributed by atoms with Gasteiger partial charge in [-0.15, -0.1) is 0 Å². The standard InChI is InChI=1S/C16H30N2/c1-2-16(8-3-4-9-16)12-17-11-15-14-7-5-6-13(14)10-18-15/h13-15,17-18H,2-12H2,1H3. The molecule has 2 saturated carbocycles. The zero-order valence-corrected chi connectivity index (χ0v) is 12.0. The van der Waals surface area contributed by atoms with Crippen LogP contribution in [0.2, 0.25) is 0 Å². The van der Waals surface area contributed by atoms with E-state index in [2.05, 4.69) is 17.6 Å². The van der Waals surface area contributed by atoms with Crippen LogP contribution in [-0.4, -0.2) is 25.7 Å². The van der Waals surface area contributed by atoms with Crippen molar-refractivity contribution < 1.29 is 0 Å². The van der Waals surface area contributed by atoms with Gasteiger partial charge in [0, 0.05) is 19.1 Å². The Morgan fingerprint density at radius 1 is 1.17 bits per heavy atom. The first kappa shape index (κ1) is 12.9. The van der Waals surface area contributed by atoms with Gasteiger partial charge in [0.15, 0.2) is 0 Å². The third kappa shape index (κ3) is 2.46. The normalized spacial score (nSPS) is 38.2. The number of fused-ring (bicyclic) bond motifs is 1. The second-order valence-corrected chi connectivity index (χ2v) is 7.06. The minimum Gasteiger partial charge on any atom is -0.315 e. The van der Waals surface area contributed by atoms with Crippen LogP contribution < -0.4 is 10.6 Å². The van der Waals surface area contributed by atoms with Crippen LogP contribution in [0, 0.1) is 17.3 Å². The summed E-state index contributed by atoms with van der Waals surface area (Å²) in [5.41, 5.74) is 0.647. The molecular weight excluding hydrogens is 220 g/mol. The summed E-state index contributed by atoms with van der Waals surface area (Å²) in [4.78, 5) is 0. The minimum absolute atomic E-state index is 0.647. The van der Waals surface area contributed by atoms with E-state index in [0.717, 1.165) is 17.9 Å². The van der Waals surface area contributed by atoms with Crippen LogP contribution in [0.1, 0.15) is 58.3 Å². The van der Waals surface area contributed by atoms with Crippen molar-refractivity contribution in [3.63, 3.8) is 0 Å². The van der Waals surface area contributed by atoms with Crippen molar-refractivity contribution in [1.82, 2.24) is 10.6 Å². The van der Waals surface area contributed by atoms with Gasteiger partial charge in [0.1, 0.15) is 0 Å². The summed E-state index contributed by atoms with van der Waals surface area (Å²) in [7, 11) is 0. The molecule has 3 unspecified atom stereocenters. The highest BCUT2D eigenvalue weighted by Gasteiger charge is 2.39. The van der Waals surface area contributed by atoms with Crippen LogP contribution in [-0.2, 0) is 0 Å². The molecule has 2 N–H and O–H groups in total. The van der Waals surface area contributed by atoms with Crippen molar-refractivity contribution in [3.8, 4) is 0 Å². The maximum atomic E-state index is 3.81. The molecular formula is C16H30N2. The van der Waals surface area contributed by atoms with Crippen LogP contribution in [0.25, 0.3) is 0 Å². The van der Waals surface area contributed by atoms with Crippen molar-refractivity contribution in [2.24, 2.45) is 17.3 Å². The van der Waals surface area contributed by atoms with E-state index in [-0.39, 0.29) is 0 Å². The summed E-state index contributed by atoms with van der Waals surface area (Å²) in [6.45, 7) is 6.14. The highest BCUT2D eigenvalue weighted by Crippen LogP contribution is 2.40. The fourth-order valence-electron chi connectivity index (χ4n) is 4.80. The van der Waals surface area contributed by atoms with Gasteiger partial charge in [-0.3, -0.25) is 0 Å². The molecule has 3 rings (SSSR count). The summed E-state index contributed by atoms with van der Waals surface area (Å²) >= 11 is 0. The molecule has 104 valence electrons. The number of nitrogens with one attached hydrogen (secondary N) is 2. The number of rotatable bonds is 5. The monoisotopic (exact) mass is 250 g/mol. The first-order valence-electron chi connectivity index (χ1n) is 8.27. The molecule has 0 radical (unpaired) electrons. The maximum absolute atomic E-state index is 3.81. The first-order valence-corrected chi connectivity index (χ1v) is 8.27. The van der Waals surface area contributed by atoms with Crippen molar-refractivity contribution in [2.75, 3.05) is 19.6 Å². The Hall–Kier alpha value is -0.0800. The first-order chi connectivity index (χ1) is 8.83. The zero-order chi connectivity index (χ0) is 12.4. The van der Waals surface area contributed by atoms with Crippen LogP contribution in [0.4, 0.5) is 0 Å². The van der Waals surface area contributed by atoms with Crippen LogP contribution in [0.15, 0.2) is 0 Å². The van der Waals surface area contributed by atoms with E-state index in [1.54, 1.807) is 0 Å². The van der Waals surface area contributed by atoms with Gasteiger partial charge in [0.25, 0.3) is 0 Å². The van der Waals surface area contributed by atoms with E-state index in [0.29, 0.717) is 5.41 Å². The number of hydrogen-bond donors (Lipinski definition) is 2. The van der Waals surface area contributed by atoms with Gasteiger partial charge in [-0.25, -0.2) is 0 Å². The average Bonchev–Trinajstić information content (AvgIpc) is 3.07. The Morgan fingerprint density at radius 2 is 2.00 bits per heavy atom. The lowest BCUT2D eigenvalue weighted by Crippen LogP contribution is -2.41. The van der Waals surface area contributed by atoms with Gasteiger partial charge in [0.05, 0.1) is 0 Å². The molecule has 3 atom stereocenters. The third-order valence-corrected chi connectivity index (χ3v) is 6.16. The van der Waals surface area contributed by atoms with Crippen molar-refractivity contribution in [1.29, 1.82) is 0 Å². The second kappa shape index (κ2) is 5.50. The van der Waals surface area contributed by atoms with Crippen molar-refractivity contribution in [3.05, 3.63) is 0 Å². The molecule has 1 heterocycles. The molecule has 0 aromatic heterocycles. The average molecular weight is 250 g/mol. The van der Waals surface area contributed by atoms with Gasteiger partial charge in [-0.05, 0) is 55.9 Å². The van der Waals surface area contributed by atoms with E-state index in [1.165, 1.54) is 71.0 Å². The topological polar surface area (TPSA) is 24.1 Å². The molecule has 1 saturated heterocycles. The predicted octanol–water partition coefficient (Wildman–Crippen LogP) is 2.93. The fourth-order valence-corrected chi connectivity index (χ4v) is 4.80. The molecule has 0 spiro atoms. The van der Waals surface area contributed by atoms with Crippen molar-refractivity contribution in [2.45, 2.75) is 64.3 Å². The van der Waals surface area contributed by atoms with E-state index in [1.807, 2.05) is 0 Å². The van der Waals surface area contributed by atoms with Crippen molar-refractivity contribution >= 4 is 0 Å². The van der Waals surface area contributed by atoms with Gasteiger partial charge in [0.2, 0.25) is 0 Å². The SMILES string of the molecule is CCC1(CNCC2NCC3CCCC32)CCCC1. The highest BCUT2D eigenvalue weighted by molar-refractivity contribution is 4.95. The van der Waals surface area contributed by atoms with Crippen LogP contribution >= 0.6 is 0 Å². The van der Waals surface area contributed by atoms with E-state index >= 15 is 0 Å². The maximum Gasteiger partial charge on any atom is 0.0223 e. The molecule has 0 aromatic rings. The van der Waals surface area contributed by atoms with Crippen LogP contribution in [0.5, 0.6) is 0 Å². The predicted molar refractivity (Wildman–Crippen MR) is 76.7 cm³/mol. The summed E-state index contributed by atoms with van der Waals surface area (Å²) in [5.74, 6) is 1.99. The second-order valence-electron chi connectivity index (χ2n) is 7.06. The molecule has 18 heavy (non-hydrogen) atoms. The summed E-state index contributed by atoms with van der Waals surface area (Å²) in [6.07, 6.45) is 11.6. The largest absolute Gasteiger partial charge is 0.315 e. The number of hydrogen-bond acceptors (Lipinski definition) is 2. The smallest absolute Gasteiger partial charge is 0.0223 e. The Bertz CT molecular complexity index is 270. The van der Waals surface area contributed by atoms with Crippen LogP contribution in [0.3, 0.4) is 0 Å². The van der Waals surface area contributed by atoms with E-state index < -0.39 is 0 Å². The fraction of sp³-hybridized carbons (Fsp3) is 1.00. The van der Waals surface area contributed by atoms with Gasteiger partial charge < -0.3 is 10.6 Å². The lowest BCUT2D eigenvalue weighted by Gasteiger charge is -2.29. The van der Waals surface area contributed by atoms with E-state index in [4.69, 9.17) is 0 Å². The minimum atomic E-state index is 0.647. The molecule has 0 bridgehead atoms. The molecule has 2 aliphatic carbocycles. The zero-order valence-electron chi connectivity index (χ0n) is 12.0. The van der Waals surface area contributed by atoms with Gasteiger partial charge in [-0.1, -0.05) is 26.2 Å². The molecule has 3 aliphatic rings. The highest BCUT2D eigenvalue weighted by atomic mass is 15.0. The lowest BCUT2D eigenvalue weighted by molar-refractivity contribution is 0.260. The Morgan fingerprint density at radius 3 is 2.78 bits per heavy atom. The van der Waals surface area contributed by atoms with Gasteiger partial charge >= 0.3 is 0 Å². The summed E-state index contributed by atoms with van der Waals surface area (Å²) in [6, 6.07) is 0.771. The molecule has 3 fully saturated rings.